The van der Waals surface area contributed by atoms with Gasteiger partial charge in [0, 0.05) is 18.4 Å². The summed E-state index contributed by atoms with van der Waals surface area (Å²) in [5.41, 5.74) is 3.19. The summed E-state index contributed by atoms with van der Waals surface area (Å²) >= 11 is 0. The minimum Gasteiger partial charge on any atom is -0.375 e. The van der Waals surface area contributed by atoms with Gasteiger partial charge in [-0.3, -0.25) is 4.79 Å². The number of nitrogens with zero attached hydrogens (tertiary/aromatic N) is 2. The van der Waals surface area contributed by atoms with Crippen LogP contribution in [0.5, 0.6) is 0 Å². The Morgan fingerprint density at radius 2 is 2.30 bits per heavy atom. The van der Waals surface area contributed by atoms with Crippen LogP contribution in [-0.4, -0.2) is 35.1 Å². The largest absolute Gasteiger partial charge is 0.375 e. The average molecular weight is 273 g/mol. The Kier molecular flexibility index (Phi) is 4.53. The summed E-state index contributed by atoms with van der Waals surface area (Å²) in [6, 6.07) is 5.77. The molecule has 1 amide bonds. The van der Waals surface area contributed by atoms with Crippen molar-refractivity contribution in [3.63, 3.8) is 0 Å². The SMILES string of the molecule is C=C(C)COCCNC(=O)c1cn2c(C)cccc2n1. The number of fused-ring (bicyclic) bond motifs is 1. The fourth-order valence-corrected chi connectivity index (χ4v) is 1.83. The topological polar surface area (TPSA) is 55.6 Å². The van der Waals surface area contributed by atoms with E-state index >= 15 is 0 Å². The second-order valence-corrected chi connectivity index (χ2v) is 4.79. The lowest BCUT2D eigenvalue weighted by Crippen LogP contribution is -2.27. The van der Waals surface area contributed by atoms with E-state index in [1.165, 1.54) is 0 Å². The van der Waals surface area contributed by atoms with Gasteiger partial charge in [-0.25, -0.2) is 4.98 Å². The lowest BCUT2D eigenvalue weighted by molar-refractivity contribution is 0.0922. The Labute approximate surface area is 118 Å². The maximum atomic E-state index is 12.0. The summed E-state index contributed by atoms with van der Waals surface area (Å²) in [4.78, 5) is 16.3. The van der Waals surface area contributed by atoms with Crippen molar-refractivity contribution in [3.8, 4) is 0 Å². The van der Waals surface area contributed by atoms with E-state index < -0.39 is 0 Å². The summed E-state index contributed by atoms with van der Waals surface area (Å²) in [7, 11) is 0. The van der Waals surface area contributed by atoms with E-state index in [9.17, 15) is 4.79 Å². The van der Waals surface area contributed by atoms with Crippen molar-refractivity contribution in [2.24, 2.45) is 0 Å². The molecule has 106 valence electrons. The van der Waals surface area contributed by atoms with Gasteiger partial charge in [0.25, 0.3) is 5.91 Å². The molecule has 1 N–H and O–H groups in total. The van der Waals surface area contributed by atoms with Crippen molar-refractivity contribution in [1.29, 1.82) is 0 Å². The normalized spacial score (nSPS) is 10.7. The molecule has 2 rings (SSSR count). The third-order valence-electron chi connectivity index (χ3n) is 2.81. The smallest absolute Gasteiger partial charge is 0.271 e. The molecule has 2 heterocycles. The Balaban J connectivity index is 1.91. The first-order chi connectivity index (χ1) is 9.58. The molecule has 0 aromatic carbocycles. The summed E-state index contributed by atoms with van der Waals surface area (Å²) in [5.74, 6) is -0.188. The van der Waals surface area contributed by atoms with Gasteiger partial charge in [-0.05, 0) is 26.0 Å². The van der Waals surface area contributed by atoms with E-state index in [1.54, 1.807) is 6.20 Å². The first-order valence-electron chi connectivity index (χ1n) is 6.53. The van der Waals surface area contributed by atoms with E-state index in [0.29, 0.717) is 25.5 Å². The summed E-state index contributed by atoms with van der Waals surface area (Å²) in [5, 5.41) is 2.78. The van der Waals surface area contributed by atoms with Crippen LogP contribution in [0.1, 0.15) is 23.1 Å². The molecular formula is C15H19N3O2. The minimum atomic E-state index is -0.188. The predicted molar refractivity (Wildman–Crippen MR) is 77.9 cm³/mol. The molecule has 0 radical (unpaired) electrons. The molecule has 2 aromatic rings. The molecule has 0 saturated carbocycles. The van der Waals surface area contributed by atoms with Crippen LogP contribution < -0.4 is 5.32 Å². The van der Waals surface area contributed by atoms with Crippen molar-refractivity contribution in [2.75, 3.05) is 19.8 Å². The molecule has 0 bridgehead atoms. The van der Waals surface area contributed by atoms with E-state index in [4.69, 9.17) is 4.74 Å². The summed E-state index contributed by atoms with van der Waals surface area (Å²) in [6.07, 6.45) is 1.74. The number of pyridine rings is 1. The number of hydrogen-bond donors (Lipinski definition) is 1. The van der Waals surface area contributed by atoms with Gasteiger partial charge in [-0.15, -0.1) is 0 Å². The molecular weight excluding hydrogens is 254 g/mol. The van der Waals surface area contributed by atoms with E-state index in [0.717, 1.165) is 16.9 Å². The first-order valence-corrected chi connectivity index (χ1v) is 6.53. The lowest BCUT2D eigenvalue weighted by Gasteiger charge is -2.04. The molecule has 0 fully saturated rings. The van der Waals surface area contributed by atoms with Gasteiger partial charge in [-0.2, -0.15) is 0 Å². The molecule has 0 saturated heterocycles. The number of hydrogen-bond acceptors (Lipinski definition) is 3. The molecule has 5 heteroatoms. The highest BCUT2D eigenvalue weighted by Crippen LogP contribution is 2.08. The summed E-state index contributed by atoms with van der Waals surface area (Å²) < 4.78 is 7.21. The van der Waals surface area contributed by atoms with Crippen LogP contribution in [0.4, 0.5) is 0 Å². The third kappa shape index (κ3) is 3.45. The Morgan fingerprint density at radius 1 is 1.50 bits per heavy atom. The van der Waals surface area contributed by atoms with Gasteiger partial charge in [0.15, 0.2) is 0 Å². The van der Waals surface area contributed by atoms with Crippen molar-refractivity contribution in [3.05, 3.63) is 47.9 Å². The number of amides is 1. The average Bonchev–Trinajstić information content (AvgIpc) is 2.83. The van der Waals surface area contributed by atoms with Crippen molar-refractivity contribution >= 4 is 11.6 Å². The molecule has 5 nitrogen and oxygen atoms in total. The highest BCUT2D eigenvalue weighted by atomic mass is 16.5. The molecule has 0 aliphatic heterocycles. The molecule has 0 atom stereocenters. The van der Waals surface area contributed by atoms with Crippen molar-refractivity contribution in [1.82, 2.24) is 14.7 Å². The van der Waals surface area contributed by atoms with Gasteiger partial charge in [0.05, 0.1) is 13.2 Å². The molecule has 2 aromatic heterocycles. The Bertz CT molecular complexity index is 631. The van der Waals surface area contributed by atoms with E-state index in [-0.39, 0.29) is 5.91 Å². The number of ether oxygens (including phenoxy) is 1. The number of nitrogens with one attached hydrogen (secondary N) is 1. The monoisotopic (exact) mass is 273 g/mol. The van der Waals surface area contributed by atoms with Crippen LogP contribution in [0.25, 0.3) is 5.65 Å². The fourth-order valence-electron chi connectivity index (χ4n) is 1.83. The molecule has 0 unspecified atom stereocenters. The van der Waals surface area contributed by atoms with Crippen molar-refractivity contribution in [2.45, 2.75) is 13.8 Å². The number of aromatic nitrogens is 2. The van der Waals surface area contributed by atoms with Crippen LogP contribution >= 0.6 is 0 Å². The predicted octanol–water partition coefficient (Wildman–Crippen LogP) is 1.97. The van der Waals surface area contributed by atoms with Crippen molar-refractivity contribution < 1.29 is 9.53 Å². The second-order valence-electron chi connectivity index (χ2n) is 4.79. The summed E-state index contributed by atoms with van der Waals surface area (Å²) in [6.45, 7) is 9.06. The fraction of sp³-hybridized carbons (Fsp3) is 0.333. The molecule has 20 heavy (non-hydrogen) atoms. The lowest BCUT2D eigenvalue weighted by atomic mass is 10.4. The zero-order chi connectivity index (χ0) is 14.5. The van der Waals surface area contributed by atoms with Crippen LogP contribution in [0, 0.1) is 6.92 Å². The first kappa shape index (κ1) is 14.3. The molecule has 0 aliphatic carbocycles. The van der Waals surface area contributed by atoms with E-state index in [2.05, 4.69) is 16.9 Å². The highest BCUT2D eigenvalue weighted by Gasteiger charge is 2.10. The zero-order valence-electron chi connectivity index (χ0n) is 11.8. The van der Waals surface area contributed by atoms with Crippen LogP contribution in [-0.2, 0) is 4.74 Å². The van der Waals surface area contributed by atoms with Gasteiger partial charge < -0.3 is 14.5 Å². The van der Waals surface area contributed by atoms with Gasteiger partial charge in [0.1, 0.15) is 11.3 Å². The maximum absolute atomic E-state index is 12.0. The number of aryl methyl sites for hydroxylation is 1. The molecule has 0 aliphatic rings. The molecule has 0 spiro atoms. The Morgan fingerprint density at radius 3 is 3.00 bits per heavy atom. The van der Waals surface area contributed by atoms with Crippen LogP contribution in [0.3, 0.4) is 0 Å². The number of carbonyl (C=O) groups is 1. The number of rotatable bonds is 6. The minimum absolute atomic E-state index is 0.188. The van der Waals surface area contributed by atoms with Gasteiger partial charge in [-0.1, -0.05) is 18.2 Å². The number of carbonyl (C=O) groups excluding carboxylic acids is 1. The van der Waals surface area contributed by atoms with Crippen LogP contribution in [0.2, 0.25) is 0 Å². The maximum Gasteiger partial charge on any atom is 0.271 e. The van der Waals surface area contributed by atoms with Gasteiger partial charge >= 0.3 is 0 Å². The highest BCUT2D eigenvalue weighted by molar-refractivity contribution is 5.92. The van der Waals surface area contributed by atoms with Gasteiger partial charge in [0.2, 0.25) is 0 Å². The second kappa shape index (κ2) is 6.34. The zero-order valence-corrected chi connectivity index (χ0v) is 11.8. The van der Waals surface area contributed by atoms with Crippen LogP contribution in [0.15, 0.2) is 36.5 Å². The standard InChI is InChI=1S/C15H19N3O2/c1-11(2)10-20-8-7-16-15(19)13-9-18-12(3)5-4-6-14(18)17-13/h4-6,9H,1,7-8,10H2,2-3H3,(H,16,19). The quantitative estimate of drug-likeness (QED) is 0.646. The number of imidazole rings is 1. The Hall–Kier alpha value is -2.14. The third-order valence-corrected chi connectivity index (χ3v) is 2.81. The van der Waals surface area contributed by atoms with E-state index in [1.807, 2.05) is 36.4 Å².